The minimum Gasteiger partial charge on any atom is -0.489 e. The van der Waals surface area contributed by atoms with Gasteiger partial charge in [0, 0.05) is 16.6 Å². The number of thiophene rings is 1. The fraction of sp³-hybridized carbons (Fsp3) is 0.130. The highest BCUT2D eigenvalue weighted by atomic mass is 32.1. The zero-order valence-electron chi connectivity index (χ0n) is 15.9. The molecule has 0 bridgehead atoms. The van der Waals surface area contributed by atoms with Gasteiger partial charge in [-0.25, -0.2) is 4.79 Å². The summed E-state index contributed by atoms with van der Waals surface area (Å²) >= 11 is 1.51. The normalized spacial score (nSPS) is 11.8. The molecule has 1 N–H and O–H groups in total. The molecule has 2 aromatic carbocycles. The quantitative estimate of drug-likeness (QED) is 0.426. The van der Waals surface area contributed by atoms with E-state index in [9.17, 15) is 9.59 Å². The summed E-state index contributed by atoms with van der Waals surface area (Å²) in [6, 6.07) is 20.7. The second-order valence-electron chi connectivity index (χ2n) is 6.22. The number of carbonyl (C=O) groups excluding carboxylic acids is 2. The van der Waals surface area contributed by atoms with E-state index in [1.807, 2.05) is 47.8 Å². The van der Waals surface area contributed by atoms with Crippen LogP contribution in [0.3, 0.4) is 0 Å². The van der Waals surface area contributed by atoms with Crippen LogP contribution in [0.5, 0.6) is 5.75 Å². The lowest BCUT2D eigenvalue weighted by Crippen LogP contribution is -2.29. The van der Waals surface area contributed by atoms with Crippen molar-refractivity contribution in [3.8, 4) is 5.75 Å². The van der Waals surface area contributed by atoms with Gasteiger partial charge in [0.15, 0.2) is 6.10 Å². The largest absolute Gasteiger partial charge is 0.489 e. The van der Waals surface area contributed by atoms with Crippen molar-refractivity contribution in [3.05, 3.63) is 88.6 Å². The van der Waals surface area contributed by atoms with E-state index in [0.717, 1.165) is 10.4 Å². The first-order valence-electron chi connectivity index (χ1n) is 9.10. The lowest BCUT2D eigenvalue weighted by Gasteiger charge is -2.13. The third-order valence-corrected chi connectivity index (χ3v) is 4.80. The van der Waals surface area contributed by atoms with E-state index in [1.165, 1.54) is 24.3 Å². The summed E-state index contributed by atoms with van der Waals surface area (Å²) in [4.78, 5) is 25.0. The van der Waals surface area contributed by atoms with E-state index >= 15 is 0 Å². The Bertz CT molecular complexity index is 950. The van der Waals surface area contributed by atoms with Crippen LogP contribution < -0.4 is 10.1 Å². The second kappa shape index (κ2) is 10.2. The minimum atomic E-state index is -0.913. The van der Waals surface area contributed by atoms with Gasteiger partial charge in [0.1, 0.15) is 12.4 Å². The van der Waals surface area contributed by atoms with Gasteiger partial charge >= 0.3 is 5.97 Å². The number of benzene rings is 2. The Kier molecular flexibility index (Phi) is 7.19. The molecule has 148 valence electrons. The molecule has 3 aromatic rings. The maximum atomic E-state index is 12.2. The minimum absolute atomic E-state index is 0.402. The van der Waals surface area contributed by atoms with Crippen LogP contribution in [0, 0.1) is 0 Å². The van der Waals surface area contributed by atoms with Gasteiger partial charge < -0.3 is 14.8 Å². The second-order valence-corrected chi connectivity index (χ2v) is 7.20. The van der Waals surface area contributed by atoms with Gasteiger partial charge in [0.25, 0.3) is 5.91 Å². The molecule has 0 aliphatic rings. The van der Waals surface area contributed by atoms with Gasteiger partial charge in [0.2, 0.25) is 0 Å². The number of rotatable bonds is 8. The third kappa shape index (κ3) is 6.62. The fourth-order valence-electron chi connectivity index (χ4n) is 2.42. The van der Waals surface area contributed by atoms with Gasteiger partial charge in [-0.05, 0) is 54.3 Å². The van der Waals surface area contributed by atoms with Crippen LogP contribution in [0.15, 0.2) is 78.2 Å². The molecular weight excluding hydrogens is 386 g/mol. The molecule has 6 heteroatoms. The summed E-state index contributed by atoms with van der Waals surface area (Å²) in [5.74, 6) is -0.267. The Morgan fingerprint density at radius 3 is 2.48 bits per heavy atom. The zero-order chi connectivity index (χ0) is 20.5. The van der Waals surface area contributed by atoms with E-state index in [4.69, 9.17) is 9.47 Å². The van der Waals surface area contributed by atoms with Crippen LogP contribution in [-0.2, 0) is 20.9 Å². The Hall–Kier alpha value is -3.38. The Balaban J connectivity index is 1.46. The summed E-state index contributed by atoms with van der Waals surface area (Å²) in [5, 5.41) is 4.64. The Morgan fingerprint density at radius 2 is 1.79 bits per heavy atom. The van der Waals surface area contributed by atoms with Gasteiger partial charge in [-0.2, -0.15) is 0 Å². The van der Waals surface area contributed by atoms with E-state index in [1.54, 1.807) is 30.3 Å². The van der Waals surface area contributed by atoms with Crippen LogP contribution >= 0.6 is 11.3 Å². The van der Waals surface area contributed by atoms with Crippen molar-refractivity contribution in [1.82, 2.24) is 0 Å². The number of amides is 1. The average molecular weight is 407 g/mol. The molecule has 1 amide bonds. The van der Waals surface area contributed by atoms with Crippen LogP contribution in [0.2, 0.25) is 0 Å². The standard InChI is InChI=1S/C23H21NO4S/c1-17(28-22(25)14-13-21-8-5-15-29-21)23(26)24-19-9-11-20(12-10-19)27-16-18-6-3-2-4-7-18/h2-15,17H,16H2,1H3,(H,24,26)/b14-13+/t17-/m0/s1. The summed E-state index contributed by atoms with van der Waals surface area (Å²) in [6.45, 7) is 2.00. The van der Waals surface area contributed by atoms with Crippen LogP contribution in [0.25, 0.3) is 6.08 Å². The van der Waals surface area contributed by atoms with Crippen molar-refractivity contribution in [2.75, 3.05) is 5.32 Å². The van der Waals surface area contributed by atoms with Gasteiger partial charge in [-0.3, -0.25) is 4.79 Å². The number of hydrogen-bond donors (Lipinski definition) is 1. The summed E-state index contributed by atoms with van der Waals surface area (Å²) in [6.07, 6.45) is 2.06. The molecule has 0 aliphatic heterocycles. The molecule has 3 rings (SSSR count). The molecule has 1 heterocycles. The summed E-state index contributed by atoms with van der Waals surface area (Å²) < 4.78 is 10.9. The molecule has 5 nitrogen and oxygen atoms in total. The highest BCUT2D eigenvalue weighted by Gasteiger charge is 2.16. The third-order valence-electron chi connectivity index (χ3n) is 3.96. The lowest BCUT2D eigenvalue weighted by molar-refractivity contribution is -0.148. The first-order valence-corrected chi connectivity index (χ1v) is 9.98. The van der Waals surface area contributed by atoms with Crippen LogP contribution in [0.4, 0.5) is 5.69 Å². The number of nitrogens with one attached hydrogen (secondary N) is 1. The van der Waals surface area contributed by atoms with Gasteiger partial charge in [-0.1, -0.05) is 36.4 Å². The van der Waals surface area contributed by atoms with E-state index in [-0.39, 0.29) is 0 Å². The van der Waals surface area contributed by atoms with Crippen molar-refractivity contribution in [2.24, 2.45) is 0 Å². The van der Waals surface area contributed by atoms with Crippen molar-refractivity contribution in [1.29, 1.82) is 0 Å². The first-order chi connectivity index (χ1) is 14.1. The Labute approximate surface area is 173 Å². The number of hydrogen-bond acceptors (Lipinski definition) is 5. The number of anilines is 1. The monoisotopic (exact) mass is 407 g/mol. The molecule has 0 aliphatic carbocycles. The number of esters is 1. The molecule has 0 saturated carbocycles. The van der Waals surface area contributed by atoms with Crippen molar-refractivity contribution < 1.29 is 19.1 Å². The fourth-order valence-corrected chi connectivity index (χ4v) is 3.04. The average Bonchev–Trinajstić information content (AvgIpc) is 3.26. The van der Waals surface area contributed by atoms with E-state index in [0.29, 0.717) is 18.0 Å². The van der Waals surface area contributed by atoms with Crippen LogP contribution in [0.1, 0.15) is 17.4 Å². The molecule has 0 radical (unpaired) electrons. The topological polar surface area (TPSA) is 64.6 Å². The highest BCUT2D eigenvalue weighted by Crippen LogP contribution is 2.17. The predicted octanol–water partition coefficient (Wildman–Crippen LogP) is 4.91. The molecular formula is C23H21NO4S. The maximum Gasteiger partial charge on any atom is 0.331 e. The first kappa shape index (κ1) is 20.4. The van der Waals surface area contributed by atoms with Crippen LogP contribution in [-0.4, -0.2) is 18.0 Å². The Morgan fingerprint density at radius 1 is 1.03 bits per heavy atom. The predicted molar refractivity (Wildman–Crippen MR) is 115 cm³/mol. The molecule has 1 atom stereocenters. The summed E-state index contributed by atoms with van der Waals surface area (Å²) in [5.41, 5.74) is 1.67. The molecule has 0 fully saturated rings. The van der Waals surface area contributed by atoms with E-state index in [2.05, 4.69) is 5.32 Å². The molecule has 29 heavy (non-hydrogen) atoms. The molecule has 1 aromatic heterocycles. The van der Waals surface area contributed by atoms with Crippen molar-refractivity contribution in [3.63, 3.8) is 0 Å². The smallest absolute Gasteiger partial charge is 0.331 e. The highest BCUT2D eigenvalue weighted by molar-refractivity contribution is 7.10. The molecule has 0 spiro atoms. The van der Waals surface area contributed by atoms with Gasteiger partial charge in [-0.15, -0.1) is 11.3 Å². The molecule has 0 saturated heterocycles. The number of carbonyl (C=O) groups is 2. The van der Waals surface area contributed by atoms with Crippen molar-refractivity contribution in [2.45, 2.75) is 19.6 Å². The lowest BCUT2D eigenvalue weighted by atomic mass is 10.2. The van der Waals surface area contributed by atoms with Crippen molar-refractivity contribution >= 4 is 35.0 Å². The number of ether oxygens (including phenoxy) is 2. The summed E-state index contributed by atoms with van der Waals surface area (Å²) in [7, 11) is 0. The van der Waals surface area contributed by atoms with Gasteiger partial charge in [0.05, 0.1) is 0 Å². The maximum absolute atomic E-state index is 12.2. The zero-order valence-corrected chi connectivity index (χ0v) is 16.7. The van der Waals surface area contributed by atoms with E-state index < -0.39 is 18.0 Å². The molecule has 0 unspecified atom stereocenters. The SMILES string of the molecule is C[C@H](OC(=O)/C=C/c1cccs1)C(=O)Nc1ccc(OCc2ccccc2)cc1.